The first-order valence-corrected chi connectivity index (χ1v) is 9.18. The Morgan fingerprint density at radius 1 is 1.00 bits per heavy atom. The molecule has 1 N–H and O–H groups in total. The summed E-state index contributed by atoms with van der Waals surface area (Å²) < 4.78 is 0. The molecule has 1 aliphatic rings. The van der Waals surface area contributed by atoms with Crippen LogP contribution in [-0.4, -0.2) is 29.8 Å². The summed E-state index contributed by atoms with van der Waals surface area (Å²) in [5.74, 6) is -0.199. The van der Waals surface area contributed by atoms with Gasteiger partial charge < -0.3 is 10.2 Å². The van der Waals surface area contributed by atoms with E-state index in [2.05, 4.69) is 36.5 Å². The molecule has 1 heterocycles. The van der Waals surface area contributed by atoms with E-state index in [0.717, 1.165) is 12.0 Å². The third-order valence-electron chi connectivity index (χ3n) is 4.96. The molecule has 3 rings (SSSR count). The second kappa shape index (κ2) is 8.17. The van der Waals surface area contributed by atoms with Gasteiger partial charge in [0.1, 0.15) is 0 Å². The van der Waals surface area contributed by atoms with Crippen molar-refractivity contribution < 1.29 is 9.59 Å². The maximum Gasteiger partial charge on any atom is 0.225 e. The minimum atomic E-state index is -0.244. The van der Waals surface area contributed by atoms with Gasteiger partial charge in [-0.05, 0) is 31.4 Å². The van der Waals surface area contributed by atoms with Crippen LogP contribution in [0.4, 0.5) is 0 Å². The van der Waals surface area contributed by atoms with Crippen LogP contribution >= 0.6 is 0 Å². The highest BCUT2D eigenvalue weighted by atomic mass is 16.2. The summed E-state index contributed by atoms with van der Waals surface area (Å²) in [6.07, 6.45) is 1.14. The Kier molecular flexibility index (Phi) is 5.71. The molecule has 1 atom stereocenters. The molecule has 4 heteroatoms. The van der Waals surface area contributed by atoms with E-state index in [1.54, 1.807) is 0 Å². The first kappa shape index (κ1) is 18.2. The molecule has 0 aromatic heterocycles. The zero-order chi connectivity index (χ0) is 18.5. The van der Waals surface area contributed by atoms with E-state index in [-0.39, 0.29) is 17.7 Å². The van der Waals surface area contributed by atoms with Gasteiger partial charge in [0.2, 0.25) is 11.8 Å². The number of amides is 2. The van der Waals surface area contributed by atoms with Crippen LogP contribution in [0.1, 0.15) is 28.7 Å². The fraction of sp³-hybridized carbons (Fsp3) is 0.364. The number of aryl methyl sites for hydroxylation is 2. The largest absolute Gasteiger partial charge is 0.352 e. The zero-order valence-corrected chi connectivity index (χ0v) is 15.5. The van der Waals surface area contributed by atoms with Gasteiger partial charge in [-0.3, -0.25) is 9.59 Å². The summed E-state index contributed by atoms with van der Waals surface area (Å²) in [6, 6.07) is 16.5. The highest BCUT2D eigenvalue weighted by Crippen LogP contribution is 2.19. The summed E-state index contributed by atoms with van der Waals surface area (Å²) in [4.78, 5) is 26.4. The van der Waals surface area contributed by atoms with E-state index >= 15 is 0 Å². The zero-order valence-electron chi connectivity index (χ0n) is 15.5. The van der Waals surface area contributed by atoms with Gasteiger partial charge in [-0.25, -0.2) is 0 Å². The minimum Gasteiger partial charge on any atom is -0.352 e. The molecular weight excluding hydrogens is 324 g/mol. The Morgan fingerprint density at radius 3 is 2.19 bits per heavy atom. The predicted octanol–water partition coefficient (Wildman–Crippen LogP) is 3.01. The van der Waals surface area contributed by atoms with Gasteiger partial charge >= 0.3 is 0 Å². The molecule has 1 fully saturated rings. The lowest BCUT2D eigenvalue weighted by molar-refractivity contribution is -0.129. The first-order chi connectivity index (χ1) is 12.5. The van der Waals surface area contributed by atoms with Crippen LogP contribution in [0.3, 0.4) is 0 Å². The number of hydrogen-bond acceptors (Lipinski definition) is 2. The van der Waals surface area contributed by atoms with Gasteiger partial charge in [-0.15, -0.1) is 0 Å². The molecule has 4 nitrogen and oxygen atoms in total. The molecular formula is C22H26N2O2. The number of benzene rings is 2. The summed E-state index contributed by atoms with van der Waals surface area (Å²) in [5.41, 5.74) is 4.72. The van der Waals surface area contributed by atoms with Gasteiger partial charge in [0.05, 0.1) is 5.92 Å². The molecule has 0 saturated carbocycles. The van der Waals surface area contributed by atoms with Gasteiger partial charge in [0.25, 0.3) is 0 Å². The van der Waals surface area contributed by atoms with Crippen LogP contribution < -0.4 is 5.32 Å². The van der Waals surface area contributed by atoms with Gasteiger partial charge in [0.15, 0.2) is 0 Å². The average molecular weight is 350 g/mol. The molecule has 0 radical (unpaired) electrons. The molecule has 1 saturated heterocycles. The van der Waals surface area contributed by atoms with Crippen molar-refractivity contribution in [2.24, 2.45) is 5.92 Å². The van der Waals surface area contributed by atoms with Gasteiger partial charge in [0, 0.05) is 26.1 Å². The lowest BCUT2D eigenvalue weighted by Crippen LogP contribution is -2.33. The third-order valence-corrected chi connectivity index (χ3v) is 4.96. The maximum absolute atomic E-state index is 12.4. The lowest BCUT2D eigenvalue weighted by atomic mass is 10.1. The predicted molar refractivity (Wildman–Crippen MR) is 103 cm³/mol. The molecule has 136 valence electrons. The number of nitrogens with one attached hydrogen (secondary N) is 1. The number of likely N-dealkylation sites (tertiary alicyclic amines) is 1. The van der Waals surface area contributed by atoms with Crippen LogP contribution in [0.15, 0.2) is 48.5 Å². The van der Waals surface area contributed by atoms with Crippen LogP contribution in [0.5, 0.6) is 0 Å². The quantitative estimate of drug-likeness (QED) is 0.871. The maximum atomic E-state index is 12.4. The molecule has 26 heavy (non-hydrogen) atoms. The van der Waals surface area contributed by atoms with E-state index in [9.17, 15) is 9.59 Å². The normalized spacial score (nSPS) is 16.8. The van der Waals surface area contributed by atoms with Crippen molar-refractivity contribution in [3.05, 3.63) is 70.8 Å². The number of hydrogen-bond donors (Lipinski definition) is 1. The smallest absolute Gasteiger partial charge is 0.225 e. The van der Waals surface area contributed by atoms with Crippen molar-refractivity contribution in [1.29, 1.82) is 0 Å². The van der Waals surface area contributed by atoms with Crippen molar-refractivity contribution in [3.8, 4) is 0 Å². The topological polar surface area (TPSA) is 49.4 Å². The fourth-order valence-corrected chi connectivity index (χ4v) is 3.22. The van der Waals surface area contributed by atoms with E-state index in [1.165, 1.54) is 16.7 Å². The highest BCUT2D eigenvalue weighted by molar-refractivity contribution is 5.89. The van der Waals surface area contributed by atoms with Crippen molar-refractivity contribution >= 4 is 11.8 Å². The van der Waals surface area contributed by atoms with E-state index in [4.69, 9.17) is 0 Å². The number of carbonyl (C=O) groups is 2. The lowest BCUT2D eigenvalue weighted by Gasteiger charge is -2.16. The van der Waals surface area contributed by atoms with E-state index < -0.39 is 0 Å². The summed E-state index contributed by atoms with van der Waals surface area (Å²) in [6.45, 7) is 5.80. The first-order valence-electron chi connectivity index (χ1n) is 9.18. The number of carbonyl (C=O) groups excluding carboxylic acids is 2. The number of nitrogens with zero attached hydrogens (tertiary/aromatic N) is 1. The Bertz CT molecular complexity index is 766. The van der Waals surface area contributed by atoms with Gasteiger partial charge in [-0.2, -0.15) is 0 Å². The second-order valence-electron chi connectivity index (χ2n) is 7.18. The SMILES string of the molecule is Cc1ccc(CCN2CC(C(=O)NCc3ccc(C)cc3)CC2=O)cc1. The van der Waals surface area contributed by atoms with Crippen LogP contribution in [0.2, 0.25) is 0 Å². The Hall–Kier alpha value is -2.62. The summed E-state index contributed by atoms with van der Waals surface area (Å²) in [7, 11) is 0. The molecule has 2 aromatic rings. The van der Waals surface area contributed by atoms with Crippen molar-refractivity contribution in [2.45, 2.75) is 33.2 Å². The Morgan fingerprint density at radius 2 is 1.58 bits per heavy atom. The van der Waals surface area contributed by atoms with Crippen LogP contribution in [0, 0.1) is 19.8 Å². The summed E-state index contributed by atoms with van der Waals surface area (Å²) >= 11 is 0. The molecule has 2 aromatic carbocycles. The van der Waals surface area contributed by atoms with Crippen molar-refractivity contribution in [3.63, 3.8) is 0 Å². The summed E-state index contributed by atoms with van der Waals surface area (Å²) in [5, 5.41) is 2.96. The Balaban J connectivity index is 1.47. The van der Waals surface area contributed by atoms with Crippen molar-refractivity contribution in [1.82, 2.24) is 10.2 Å². The molecule has 0 spiro atoms. The number of rotatable bonds is 6. The molecule has 0 bridgehead atoms. The van der Waals surface area contributed by atoms with E-state index in [1.807, 2.05) is 36.1 Å². The molecule has 1 unspecified atom stereocenters. The monoisotopic (exact) mass is 350 g/mol. The fourth-order valence-electron chi connectivity index (χ4n) is 3.22. The highest BCUT2D eigenvalue weighted by Gasteiger charge is 2.33. The van der Waals surface area contributed by atoms with Crippen LogP contribution in [0.25, 0.3) is 0 Å². The molecule has 2 amide bonds. The van der Waals surface area contributed by atoms with Gasteiger partial charge in [-0.1, -0.05) is 59.7 Å². The third kappa shape index (κ3) is 4.72. The van der Waals surface area contributed by atoms with Crippen LogP contribution in [-0.2, 0) is 22.6 Å². The minimum absolute atomic E-state index is 0.0308. The molecule has 0 aliphatic carbocycles. The molecule has 1 aliphatic heterocycles. The second-order valence-corrected chi connectivity index (χ2v) is 7.18. The van der Waals surface area contributed by atoms with E-state index in [0.29, 0.717) is 26.1 Å². The van der Waals surface area contributed by atoms with Crippen molar-refractivity contribution in [2.75, 3.05) is 13.1 Å². The Labute approximate surface area is 155 Å². The average Bonchev–Trinajstić information content (AvgIpc) is 3.01. The standard InChI is InChI=1S/C22H26N2O2/c1-16-3-7-18(8-4-16)11-12-24-15-20(13-21(24)25)22(26)23-14-19-9-5-17(2)6-10-19/h3-10,20H,11-15H2,1-2H3,(H,23,26).